The molecule has 1 aliphatic rings. The molecule has 16 heavy (non-hydrogen) atoms. The van der Waals surface area contributed by atoms with E-state index in [9.17, 15) is 9.59 Å². The highest BCUT2D eigenvalue weighted by Crippen LogP contribution is 2.20. The summed E-state index contributed by atoms with van der Waals surface area (Å²) in [6, 6.07) is -0.288. The van der Waals surface area contributed by atoms with Gasteiger partial charge in [0.1, 0.15) is 6.04 Å². The highest BCUT2D eigenvalue weighted by atomic mass is 35.5. The smallest absolute Gasteiger partial charge is 0.243 e. The Morgan fingerprint density at radius 2 is 2.12 bits per heavy atom. The minimum Gasteiger partial charge on any atom is -0.353 e. The third kappa shape index (κ3) is 4.19. The first-order chi connectivity index (χ1) is 7.16. The van der Waals surface area contributed by atoms with E-state index in [0.29, 0.717) is 18.2 Å². The van der Waals surface area contributed by atoms with Gasteiger partial charge in [0.15, 0.2) is 0 Å². The van der Waals surface area contributed by atoms with Gasteiger partial charge in [-0.25, -0.2) is 0 Å². The summed E-state index contributed by atoms with van der Waals surface area (Å²) in [5.74, 6) is 1.24. The number of thioether (sulfide) groups is 1. The molecule has 1 fully saturated rings. The predicted molar refractivity (Wildman–Crippen MR) is 67.8 cm³/mol. The minimum atomic E-state index is -0.288. The van der Waals surface area contributed by atoms with E-state index in [0.717, 1.165) is 6.54 Å². The van der Waals surface area contributed by atoms with Crippen LogP contribution in [0.4, 0.5) is 0 Å². The lowest BCUT2D eigenvalue weighted by molar-refractivity contribution is -0.136. The quantitative estimate of drug-likeness (QED) is 0.685. The maximum Gasteiger partial charge on any atom is 0.243 e. The molecule has 0 radical (unpaired) electrons. The van der Waals surface area contributed by atoms with Crippen molar-refractivity contribution in [3.05, 3.63) is 0 Å². The lowest BCUT2D eigenvalue weighted by atomic mass is 10.2. The van der Waals surface area contributed by atoms with E-state index in [4.69, 9.17) is 0 Å². The predicted octanol–water partition coefficient (Wildman–Crippen LogP) is -0.335. The number of nitrogens with zero attached hydrogens (tertiary/aromatic N) is 1. The van der Waals surface area contributed by atoms with E-state index in [1.54, 1.807) is 16.7 Å². The van der Waals surface area contributed by atoms with Crippen molar-refractivity contribution in [3.63, 3.8) is 0 Å². The van der Waals surface area contributed by atoms with Crippen molar-refractivity contribution in [2.45, 2.75) is 13.0 Å². The molecule has 0 saturated carbocycles. The Morgan fingerprint density at radius 1 is 1.44 bits per heavy atom. The fourth-order valence-electron chi connectivity index (χ4n) is 1.40. The molecule has 94 valence electrons. The van der Waals surface area contributed by atoms with Crippen LogP contribution in [0.3, 0.4) is 0 Å². The summed E-state index contributed by atoms with van der Waals surface area (Å²) < 4.78 is 0. The van der Waals surface area contributed by atoms with Gasteiger partial charge in [0, 0.05) is 25.8 Å². The number of carbonyl (C=O) groups excluding carboxylic acids is 2. The summed E-state index contributed by atoms with van der Waals surface area (Å²) in [6.07, 6.45) is 0. The van der Waals surface area contributed by atoms with Crippen LogP contribution in [0.25, 0.3) is 0 Å². The molecule has 5 nitrogen and oxygen atoms in total. The SMILES string of the molecule is CNCCNC(=O)C1CSCN1C(C)=O.Cl. The minimum absolute atomic E-state index is 0. The number of nitrogens with one attached hydrogen (secondary N) is 2. The molecular formula is C9H18ClN3O2S. The number of amides is 2. The number of hydrogen-bond donors (Lipinski definition) is 2. The van der Waals surface area contributed by atoms with Crippen LogP contribution in [-0.2, 0) is 9.59 Å². The molecule has 1 saturated heterocycles. The van der Waals surface area contributed by atoms with Crippen molar-refractivity contribution >= 4 is 36.0 Å². The Bertz CT molecular complexity index is 253. The van der Waals surface area contributed by atoms with Crippen LogP contribution in [0.5, 0.6) is 0 Å². The van der Waals surface area contributed by atoms with Gasteiger partial charge in [-0.15, -0.1) is 24.2 Å². The zero-order valence-corrected chi connectivity index (χ0v) is 11.1. The normalized spacial score (nSPS) is 19.1. The van der Waals surface area contributed by atoms with Crippen molar-refractivity contribution in [1.29, 1.82) is 0 Å². The zero-order valence-electron chi connectivity index (χ0n) is 9.49. The van der Waals surface area contributed by atoms with E-state index in [-0.39, 0.29) is 30.3 Å². The summed E-state index contributed by atoms with van der Waals surface area (Å²) in [5, 5.41) is 5.75. The molecule has 1 rings (SSSR count). The van der Waals surface area contributed by atoms with E-state index < -0.39 is 0 Å². The Morgan fingerprint density at radius 3 is 2.69 bits per heavy atom. The maximum absolute atomic E-state index is 11.7. The molecule has 2 amide bonds. The van der Waals surface area contributed by atoms with E-state index >= 15 is 0 Å². The second kappa shape index (κ2) is 7.76. The standard InChI is InChI=1S/C9H17N3O2S.ClH/c1-7(13)12-6-15-5-8(12)9(14)11-4-3-10-2;/h8,10H,3-6H2,1-2H3,(H,11,14);1H. The second-order valence-corrected chi connectivity index (χ2v) is 4.40. The van der Waals surface area contributed by atoms with E-state index in [1.165, 1.54) is 6.92 Å². The van der Waals surface area contributed by atoms with Gasteiger partial charge in [0.05, 0.1) is 5.88 Å². The van der Waals surface area contributed by atoms with Crippen LogP contribution in [-0.4, -0.2) is 54.5 Å². The van der Waals surface area contributed by atoms with E-state index in [1.807, 2.05) is 7.05 Å². The monoisotopic (exact) mass is 267 g/mol. The molecule has 0 aromatic rings. The molecule has 0 spiro atoms. The van der Waals surface area contributed by atoms with Crippen LogP contribution in [0.2, 0.25) is 0 Å². The molecule has 1 unspecified atom stereocenters. The third-order valence-corrected chi connectivity index (χ3v) is 3.28. The van der Waals surface area contributed by atoms with Gasteiger partial charge in [0.25, 0.3) is 0 Å². The number of hydrogen-bond acceptors (Lipinski definition) is 4. The molecular weight excluding hydrogens is 250 g/mol. The van der Waals surface area contributed by atoms with Crippen molar-refractivity contribution < 1.29 is 9.59 Å². The average Bonchev–Trinajstić information content (AvgIpc) is 2.66. The molecule has 1 atom stereocenters. The molecule has 0 aliphatic carbocycles. The van der Waals surface area contributed by atoms with Crippen molar-refractivity contribution in [1.82, 2.24) is 15.5 Å². The number of halogens is 1. The molecule has 2 N–H and O–H groups in total. The largest absolute Gasteiger partial charge is 0.353 e. The topological polar surface area (TPSA) is 61.4 Å². The first-order valence-corrected chi connectivity index (χ1v) is 6.09. The van der Waals surface area contributed by atoms with Gasteiger partial charge in [-0.3, -0.25) is 9.59 Å². The lowest BCUT2D eigenvalue weighted by Crippen LogP contribution is -2.47. The second-order valence-electron chi connectivity index (χ2n) is 3.40. The van der Waals surface area contributed by atoms with Crippen LogP contribution >= 0.6 is 24.2 Å². The lowest BCUT2D eigenvalue weighted by Gasteiger charge is -2.21. The zero-order chi connectivity index (χ0) is 11.3. The number of likely N-dealkylation sites (N-methyl/N-ethyl adjacent to an activating group) is 1. The summed E-state index contributed by atoms with van der Waals surface area (Å²) in [5.41, 5.74) is 0. The summed E-state index contributed by atoms with van der Waals surface area (Å²) in [7, 11) is 1.83. The van der Waals surface area contributed by atoms with Gasteiger partial charge in [0.2, 0.25) is 11.8 Å². The number of carbonyl (C=O) groups is 2. The first kappa shape index (κ1) is 15.5. The van der Waals surface area contributed by atoms with Gasteiger partial charge < -0.3 is 15.5 Å². The van der Waals surface area contributed by atoms with Gasteiger partial charge in [-0.05, 0) is 7.05 Å². The van der Waals surface area contributed by atoms with Gasteiger partial charge >= 0.3 is 0 Å². The maximum atomic E-state index is 11.7. The number of rotatable bonds is 4. The van der Waals surface area contributed by atoms with E-state index in [2.05, 4.69) is 10.6 Å². The summed E-state index contributed by atoms with van der Waals surface area (Å²) in [4.78, 5) is 24.5. The van der Waals surface area contributed by atoms with Crippen LogP contribution in [0.1, 0.15) is 6.92 Å². The Labute approximate surface area is 106 Å². The van der Waals surface area contributed by atoms with Gasteiger partial charge in [-0.2, -0.15) is 0 Å². The van der Waals surface area contributed by atoms with Crippen LogP contribution < -0.4 is 10.6 Å². The average molecular weight is 268 g/mol. The fourth-order valence-corrected chi connectivity index (χ4v) is 2.62. The van der Waals surface area contributed by atoms with Crippen molar-refractivity contribution in [3.8, 4) is 0 Å². The Kier molecular flexibility index (Phi) is 7.53. The molecule has 0 aromatic carbocycles. The fraction of sp³-hybridized carbons (Fsp3) is 0.778. The summed E-state index contributed by atoms with van der Waals surface area (Å²) in [6.45, 7) is 2.84. The van der Waals surface area contributed by atoms with Crippen molar-refractivity contribution in [2.24, 2.45) is 0 Å². The molecule has 7 heteroatoms. The highest BCUT2D eigenvalue weighted by Gasteiger charge is 2.32. The van der Waals surface area contributed by atoms with Gasteiger partial charge in [-0.1, -0.05) is 0 Å². The Balaban J connectivity index is 0.00000225. The van der Waals surface area contributed by atoms with Crippen LogP contribution in [0.15, 0.2) is 0 Å². The molecule has 1 heterocycles. The highest BCUT2D eigenvalue weighted by molar-refractivity contribution is 7.99. The van der Waals surface area contributed by atoms with Crippen LogP contribution in [0, 0.1) is 0 Å². The summed E-state index contributed by atoms with van der Waals surface area (Å²) >= 11 is 1.61. The Hall–Kier alpha value is -0.460. The third-order valence-electron chi connectivity index (χ3n) is 2.26. The molecule has 1 aliphatic heterocycles. The molecule has 0 bridgehead atoms. The van der Waals surface area contributed by atoms with Crippen molar-refractivity contribution in [2.75, 3.05) is 31.8 Å². The molecule has 0 aromatic heterocycles. The first-order valence-electron chi connectivity index (χ1n) is 4.94.